The van der Waals surface area contributed by atoms with Gasteiger partial charge in [-0.25, -0.2) is 4.79 Å². The van der Waals surface area contributed by atoms with Gasteiger partial charge in [0.2, 0.25) is 11.0 Å². The topological polar surface area (TPSA) is 78.4 Å². The van der Waals surface area contributed by atoms with Gasteiger partial charge in [-0.05, 0) is 26.7 Å². The molecule has 134 valence electrons. The van der Waals surface area contributed by atoms with Crippen molar-refractivity contribution in [2.24, 2.45) is 5.92 Å². The van der Waals surface area contributed by atoms with E-state index in [9.17, 15) is 9.59 Å². The van der Waals surface area contributed by atoms with Gasteiger partial charge in [-0.3, -0.25) is 4.79 Å². The van der Waals surface area contributed by atoms with Gasteiger partial charge in [0.25, 0.3) is 0 Å². The van der Waals surface area contributed by atoms with E-state index in [1.807, 2.05) is 23.6 Å². The van der Waals surface area contributed by atoms with E-state index in [-0.39, 0.29) is 17.9 Å². The van der Waals surface area contributed by atoms with Gasteiger partial charge in [-0.2, -0.15) is 0 Å². The van der Waals surface area contributed by atoms with Crippen molar-refractivity contribution < 1.29 is 9.59 Å². The fraction of sp³-hybridized carbons (Fsp3) is 0.750. The lowest BCUT2D eigenvalue weighted by Gasteiger charge is -2.34. The Hall–Kier alpha value is -1.70. The summed E-state index contributed by atoms with van der Waals surface area (Å²) in [4.78, 5) is 28.4. The van der Waals surface area contributed by atoms with E-state index in [1.165, 1.54) is 11.3 Å². The molecular weight excluding hydrogens is 326 g/mol. The molecule has 1 aliphatic heterocycles. The Kier molecular flexibility index (Phi) is 6.53. The molecule has 8 heteroatoms. The third-order valence-electron chi connectivity index (χ3n) is 4.33. The van der Waals surface area contributed by atoms with E-state index in [2.05, 4.69) is 29.4 Å². The molecule has 1 aliphatic rings. The zero-order chi connectivity index (χ0) is 17.7. The molecule has 1 saturated heterocycles. The Morgan fingerprint density at radius 3 is 2.38 bits per heavy atom. The number of anilines is 1. The number of amides is 3. The van der Waals surface area contributed by atoms with Crippen LogP contribution in [0.3, 0.4) is 0 Å². The van der Waals surface area contributed by atoms with Crippen molar-refractivity contribution in [2.75, 3.05) is 31.5 Å². The van der Waals surface area contributed by atoms with E-state index in [0.29, 0.717) is 50.1 Å². The van der Waals surface area contributed by atoms with E-state index in [0.717, 1.165) is 5.01 Å². The maximum absolute atomic E-state index is 12.4. The minimum atomic E-state index is -0.0721. The number of rotatable bonds is 5. The maximum atomic E-state index is 12.4. The van der Waals surface area contributed by atoms with Crippen LogP contribution in [-0.4, -0.2) is 58.1 Å². The summed E-state index contributed by atoms with van der Waals surface area (Å²) in [5.41, 5.74) is 0. The highest BCUT2D eigenvalue weighted by atomic mass is 32.1. The van der Waals surface area contributed by atoms with Crippen molar-refractivity contribution in [1.82, 2.24) is 20.0 Å². The number of urea groups is 1. The molecule has 1 N–H and O–H groups in total. The molecule has 0 unspecified atom stereocenters. The molecule has 0 saturated carbocycles. The van der Waals surface area contributed by atoms with Gasteiger partial charge in [0.15, 0.2) is 0 Å². The van der Waals surface area contributed by atoms with E-state index in [4.69, 9.17) is 0 Å². The largest absolute Gasteiger partial charge is 0.325 e. The van der Waals surface area contributed by atoms with Gasteiger partial charge < -0.3 is 15.1 Å². The minimum absolute atomic E-state index is 0.0172. The number of hydrogen-bond donors (Lipinski definition) is 1. The minimum Gasteiger partial charge on any atom is -0.325 e. The zero-order valence-electron chi connectivity index (χ0n) is 14.9. The highest BCUT2D eigenvalue weighted by molar-refractivity contribution is 7.15. The predicted molar refractivity (Wildman–Crippen MR) is 95.2 cm³/mol. The zero-order valence-corrected chi connectivity index (χ0v) is 15.7. The Balaban J connectivity index is 1.85. The number of carbonyl (C=O) groups excluding carboxylic acids is 2. The smallest absolute Gasteiger partial charge is 0.319 e. The highest BCUT2D eigenvalue weighted by Crippen LogP contribution is 2.25. The molecule has 0 aliphatic carbocycles. The quantitative estimate of drug-likeness (QED) is 0.883. The molecule has 1 aromatic heterocycles. The van der Waals surface area contributed by atoms with Crippen LogP contribution in [0.15, 0.2) is 0 Å². The first-order valence-corrected chi connectivity index (χ1v) is 9.46. The third-order valence-corrected chi connectivity index (χ3v) is 5.47. The SMILES string of the molecule is CCN(CC)C(=O)N1CCC(C(=O)Nc2nnc(C(C)C)s2)CC1. The lowest BCUT2D eigenvalue weighted by Crippen LogP contribution is -2.47. The molecule has 0 spiro atoms. The Labute approximate surface area is 147 Å². The van der Waals surface area contributed by atoms with Crippen LogP contribution in [0.1, 0.15) is 51.5 Å². The number of aromatic nitrogens is 2. The summed E-state index contributed by atoms with van der Waals surface area (Å²) in [5, 5.41) is 12.5. The summed E-state index contributed by atoms with van der Waals surface area (Å²) < 4.78 is 0. The van der Waals surface area contributed by atoms with Gasteiger partial charge in [-0.15, -0.1) is 10.2 Å². The molecule has 1 fully saturated rings. The lowest BCUT2D eigenvalue weighted by molar-refractivity contribution is -0.121. The molecule has 7 nitrogen and oxygen atoms in total. The summed E-state index contributed by atoms with van der Waals surface area (Å²) in [6, 6.07) is 0.0737. The summed E-state index contributed by atoms with van der Waals surface area (Å²) >= 11 is 1.42. The summed E-state index contributed by atoms with van der Waals surface area (Å²) in [5.74, 6) is 0.219. The Morgan fingerprint density at radius 2 is 1.88 bits per heavy atom. The van der Waals surface area contributed by atoms with Crippen LogP contribution in [0.5, 0.6) is 0 Å². The van der Waals surface area contributed by atoms with Crippen molar-refractivity contribution in [2.45, 2.75) is 46.5 Å². The molecule has 2 heterocycles. The lowest BCUT2D eigenvalue weighted by atomic mass is 9.96. The summed E-state index contributed by atoms with van der Waals surface area (Å²) in [7, 11) is 0. The van der Waals surface area contributed by atoms with Gasteiger partial charge in [0, 0.05) is 38.0 Å². The molecule has 0 atom stereocenters. The van der Waals surface area contributed by atoms with Gasteiger partial charge in [0.05, 0.1) is 0 Å². The van der Waals surface area contributed by atoms with Gasteiger partial charge in [0.1, 0.15) is 5.01 Å². The van der Waals surface area contributed by atoms with E-state index in [1.54, 1.807) is 0 Å². The second-order valence-corrected chi connectivity index (χ2v) is 7.31. The standard InChI is InChI=1S/C16H27N5O2S/c1-5-20(6-2)16(23)21-9-7-12(8-10-21)13(22)17-15-19-18-14(24-15)11(3)4/h11-12H,5-10H2,1-4H3,(H,17,19,22). The van der Waals surface area contributed by atoms with Crippen molar-refractivity contribution >= 4 is 28.4 Å². The van der Waals surface area contributed by atoms with Crippen LogP contribution >= 0.6 is 11.3 Å². The second kappa shape index (κ2) is 8.41. The van der Waals surface area contributed by atoms with Crippen molar-refractivity contribution in [1.29, 1.82) is 0 Å². The molecule has 2 rings (SSSR count). The number of hydrogen-bond acceptors (Lipinski definition) is 5. The van der Waals surface area contributed by atoms with Crippen LogP contribution in [-0.2, 0) is 4.79 Å². The Morgan fingerprint density at radius 1 is 1.25 bits per heavy atom. The molecule has 0 bridgehead atoms. The second-order valence-electron chi connectivity index (χ2n) is 6.31. The summed E-state index contributed by atoms with van der Waals surface area (Å²) in [6.07, 6.45) is 1.38. The van der Waals surface area contributed by atoms with Crippen molar-refractivity contribution in [3.05, 3.63) is 5.01 Å². The molecule has 3 amide bonds. The molecule has 0 aromatic carbocycles. The maximum Gasteiger partial charge on any atom is 0.319 e. The molecule has 24 heavy (non-hydrogen) atoms. The normalized spacial score (nSPS) is 15.6. The fourth-order valence-corrected chi connectivity index (χ4v) is 3.50. The third kappa shape index (κ3) is 4.43. The first kappa shape index (κ1) is 18.6. The van der Waals surface area contributed by atoms with Crippen molar-refractivity contribution in [3.8, 4) is 0 Å². The van der Waals surface area contributed by atoms with Crippen LogP contribution in [0.4, 0.5) is 9.93 Å². The number of carbonyl (C=O) groups is 2. The summed E-state index contributed by atoms with van der Waals surface area (Å²) in [6.45, 7) is 10.7. The van der Waals surface area contributed by atoms with Gasteiger partial charge in [-0.1, -0.05) is 25.2 Å². The molecule has 0 radical (unpaired) electrons. The average molecular weight is 353 g/mol. The van der Waals surface area contributed by atoms with Crippen LogP contribution < -0.4 is 5.32 Å². The van der Waals surface area contributed by atoms with E-state index < -0.39 is 0 Å². The predicted octanol–water partition coefficient (Wildman–Crippen LogP) is 2.77. The molecular formula is C16H27N5O2S. The number of likely N-dealkylation sites (tertiary alicyclic amines) is 1. The fourth-order valence-electron chi connectivity index (χ4n) is 2.75. The van der Waals surface area contributed by atoms with Crippen LogP contribution in [0.25, 0.3) is 0 Å². The number of nitrogens with one attached hydrogen (secondary N) is 1. The Bertz CT molecular complexity index is 563. The number of nitrogens with zero attached hydrogens (tertiary/aromatic N) is 4. The van der Waals surface area contributed by atoms with Gasteiger partial charge >= 0.3 is 6.03 Å². The highest BCUT2D eigenvalue weighted by Gasteiger charge is 2.29. The number of piperidine rings is 1. The average Bonchev–Trinajstić information content (AvgIpc) is 3.04. The monoisotopic (exact) mass is 353 g/mol. The first-order valence-electron chi connectivity index (χ1n) is 8.64. The molecule has 1 aromatic rings. The van der Waals surface area contributed by atoms with E-state index >= 15 is 0 Å². The van der Waals surface area contributed by atoms with Crippen LogP contribution in [0.2, 0.25) is 0 Å². The van der Waals surface area contributed by atoms with Crippen LogP contribution in [0, 0.1) is 5.92 Å². The van der Waals surface area contributed by atoms with Crippen molar-refractivity contribution in [3.63, 3.8) is 0 Å². The first-order chi connectivity index (χ1) is 11.5.